The maximum absolute atomic E-state index is 5.75. The average molecular weight is 322 g/mol. The van der Waals surface area contributed by atoms with Crippen molar-refractivity contribution in [3.05, 3.63) is 59.7 Å². The van der Waals surface area contributed by atoms with Crippen LogP contribution in [0, 0.1) is 12.8 Å². The number of hydrogen-bond donors (Lipinski definition) is 0. The van der Waals surface area contributed by atoms with Gasteiger partial charge in [-0.05, 0) is 48.7 Å². The Kier molecular flexibility index (Phi) is 4.17. The van der Waals surface area contributed by atoms with E-state index >= 15 is 0 Å². The second-order valence-electron chi connectivity index (χ2n) is 7.30. The Morgan fingerprint density at radius 1 is 1.04 bits per heavy atom. The molecule has 2 aromatic rings. The van der Waals surface area contributed by atoms with Gasteiger partial charge >= 0.3 is 0 Å². The molecule has 0 aromatic heterocycles. The molecule has 3 heteroatoms. The first-order valence-electron chi connectivity index (χ1n) is 8.85. The highest BCUT2D eigenvalue weighted by atomic mass is 16.7. The first-order valence-corrected chi connectivity index (χ1v) is 8.85. The van der Waals surface area contributed by atoms with Gasteiger partial charge in [0.2, 0.25) is 0 Å². The molecule has 3 nitrogen and oxygen atoms in total. The normalized spacial score (nSPS) is 28.0. The van der Waals surface area contributed by atoms with Crippen LogP contribution in [0.15, 0.2) is 48.5 Å². The second kappa shape index (κ2) is 6.32. The summed E-state index contributed by atoms with van der Waals surface area (Å²) < 4.78 is 0. The van der Waals surface area contributed by atoms with Crippen LogP contribution >= 0.6 is 0 Å². The fourth-order valence-corrected chi connectivity index (χ4v) is 4.34. The summed E-state index contributed by atoms with van der Waals surface area (Å²) in [5.41, 5.74) is 5.39. The monoisotopic (exact) mass is 322 g/mol. The number of fused-ring (bicyclic) bond motifs is 1. The highest BCUT2D eigenvalue weighted by Gasteiger charge is 2.41. The van der Waals surface area contributed by atoms with E-state index in [4.69, 9.17) is 4.84 Å². The Morgan fingerprint density at radius 2 is 1.88 bits per heavy atom. The minimum Gasteiger partial charge on any atom is -0.299 e. The average Bonchev–Trinajstić information content (AvgIpc) is 2.95. The van der Waals surface area contributed by atoms with E-state index in [0.717, 1.165) is 19.6 Å². The van der Waals surface area contributed by atoms with Gasteiger partial charge in [0.25, 0.3) is 0 Å². The summed E-state index contributed by atoms with van der Waals surface area (Å²) in [7, 11) is 4.33. The van der Waals surface area contributed by atoms with Crippen LogP contribution in [0.5, 0.6) is 0 Å². The smallest absolute Gasteiger partial charge is 0.0741 e. The van der Waals surface area contributed by atoms with Gasteiger partial charge in [0, 0.05) is 31.6 Å². The molecule has 3 atom stereocenters. The second-order valence-corrected chi connectivity index (χ2v) is 7.30. The molecule has 2 aliphatic heterocycles. The zero-order valence-electron chi connectivity index (χ0n) is 14.8. The van der Waals surface area contributed by atoms with Gasteiger partial charge in [-0.2, -0.15) is 5.06 Å². The minimum atomic E-state index is 0.458. The zero-order valence-corrected chi connectivity index (χ0v) is 14.8. The van der Waals surface area contributed by atoms with Crippen LogP contribution in [0.3, 0.4) is 0 Å². The maximum Gasteiger partial charge on any atom is 0.0741 e. The van der Waals surface area contributed by atoms with Crippen LogP contribution in [0.1, 0.15) is 23.6 Å². The molecule has 24 heavy (non-hydrogen) atoms. The van der Waals surface area contributed by atoms with Crippen LogP contribution in [0.2, 0.25) is 0 Å². The summed E-state index contributed by atoms with van der Waals surface area (Å²) in [5.74, 6) is 0.635. The SMILES string of the molecule is Cc1ccccc1-c1cccc([C@@H]2C[C@H]3[C@H](CON3C)CN2C)c1. The lowest BCUT2D eigenvalue weighted by atomic mass is 9.85. The fraction of sp³-hybridized carbons (Fsp3) is 0.429. The van der Waals surface area contributed by atoms with E-state index in [1.54, 1.807) is 0 Å². The third-order valence-corrected chi connectivity index (χ3v) is 5.75. The van der Waals surface area contributed by atoms with Crippen LogP contribution in [0.25, 0.3) is 11.1 Å². The van der Waals surface area contributed by atoms with Crippen molar-refractivity contribution in [1.29, 1.82) is 0 Å². The molecule has 0 amide bonds. The number of nitrogens with zero attached hydrogens (tertiary/aromatic N) is 2. The van der Waals surface area contributed by atoms with E-state index in [0.29, 0.717) is 18.0 Å². The highest BCUT2D eigenvalue weighted by Crippen LogP contribution is 2.38. The number of hydrogen-bond acceptors (Lipinski definition) is 3. The number of aryl methyl sites for hydroxylation is 1. The van der Waals surface area contributed by atoms with Gasteiger partial charge in [0.15, 0.2) is 0 Å². The largest absolute Gasteiger partial charge is 0.299 e. The van der Waals surface area contributed by atoms with Crippen molar-refractivity contribution in [3.63, 3.8) is 0 Å². The Labute approximate surface area is 144 Å². The fourth-order valence-electron chi connectivity index (χ4n) is 4.34. The summed E-state index contributed by atoms with van der Waals surface area (Å²) in [6.07, 6.45) is 1.13. The van der Waals surface area contributed by atoms with Crippen molar-refractivity contribution in [2.45, 2.75) is 25.4 Å². The number of likely N-dealkylation sites (tertiary alicyclic amines) is 1. The molecule has 0 aliphatic carbocycles. The molecule has 0 unspecified atom stereocenters. The Morgan fingerprint density at radius 3 is 2.71 bits per heavy atom. The molecule has 2 saturated heterocycles. The molecule has 0 bridgehead atoms. The molecule has 0 saturated carbocycles. The molecule has 0 spiro atoms. The predicted molar refractivity (Wildman–Crippen MR) is 97.6 cm³/mol. The Balaban J connectivity index is 1.65. The summed E-state index contributed by atoms with van der Waals surface area (Å²) in [5, 5.41) is 2.08. The number of piperidine rings is 1. The topological polar surface area (TPSA) is 15.7 Å². The lowest BCUT2D eigenvalue weighted by molar-refractivity contribution is -0.114. The van der Waals surface area contributed by atoms with E-state index in [2.05, 4.69) is 79.5 Å². The van der Waals surface area contributed by atoms with Crippen LogP contribution in [-0.4, -0.2) is 43.3 Å². The van der Waals surface area contributed by atoms with Crippen molar-refractivity contribution in [3.8, 4) is 11.1 Å². The Bertz CT molecular complexity index is 729. The molecule has 0 N–H and O–H groups in total. The van der Waals surface area contributed by atoms with E-state index in [1.165, 1.54) is 22.3 Å². The summed E-state index contributed by atoms with van der Waals surface area (Å²) in [6, 6.07) is 18.7. The molecule has 2 heterocycles. The molecule has 2 aromatic carbocycles. The van der Waals surface area contributed by atoms with Gasteiger partial charge in [-0.1, -0.05) is 42.5 Å². The molecule has 4 rings (SSSR count). The predicted octanol–water partition coefficient (Wildman–Crippen LogP) is 3.90. The van der Waals surface area contributed by atoms with Gasteiger partial charge in [0.1, 0.15) is 0 Å². The molecule has 2 fully saturated rings. The summed E-state index contributed by atoms with van der Waals surface area (Å²) in [6.45, 7) is 4.15. The van der Waals surface area contributed by atoms with Gasteiger partial charge in [0.05, 0.1) is 6.61 Å². The van der Waals surface area contributed by atoms with E-state index in [9.17, 15) is 0 Å². The van der Waals surface area contributed by atoms with Crippen molar-refractivity contribution in [2.75, 3.05) is 27.2 Å². The third kappa shape index (κ3) is 2.77. The number of rotatable bonds is 2. The molecular formula is C21H26N2O. The third-order valence-electron chi connectivity index (χ3n) is 5.75. The van der Waals surface area contributed by atoms with Crippen LogP contribution in [-0.2, 0) is 4.84 Å². The first-order chi connectivity index (χ1) is 11.6. The van der Waals surface area contributed by atoms with Crippen molar-refractivity contribution in [1.82, 2.24) is 9.96 Å². The molecule has 126 valence electrons. The van der Waals surface area contributed by atoms with E-state index in [-0.39, 0.29) is 0 Å². The van der Waals surface area contributed by atoms with Gasteiger partial charge in [-0.25, -0.2) is 0 Å². The van der Waals surface area contributed by atoms with Crippen molar-refractivity contribution >= 4 is 0 Å². The van der Waals surface area contributed by atoms with Gasteiger partial charge < -0.3 is 0 Å². The van der Waals surface area contributed by atoms with Crippen molar-refractivity contribution in [2.24, 2.45) is 5.92 Å². The zero-order chi connectivity index (χ0) is 16.7. The summed E-state index contributed by atoms with van der Waals surface area (Å²) >= 11 is 0. The minimum absolute atomic E-state index is 0.458. The Hall–Kier alpha value is -1.68. The number of hydroxylamine groups is 2. The van der Waals surface area contributed by atoms with Crippen LogP contribution < -0.4 is 0 Å². The number of benzene rings is 2. The van der Waals surface area contributed by atoms with E-state index < -0.39 is 0 Å². The van der Waals surface area contributed by atoms with Crippen LogP contribution in [0.4, 0.5) is 0 Å². The quantitative estimate of drug-likeness (QED) is 0.834. The molecule has 2 aliphatic rings. The lowest BCUT2D eigenvalue weighted by Gasteiger charge is -2.40. The lowest BCUT2D eigenvalue weighted by Crippen LogP contribution is -2.45. The maximum atomic E-state index is 5.75. The first kappa shape index (κ1) is 15.8. The molecule has 0 radical (unpaired) electrons. The molecular weight excluding hydrogens is 296 g/mol. The van der Waals surface area contributed by atoms with E-state index in [1.807, 2.05) is 0 Å². The van der Waals surface area contributed by atoms with Crippen molar-refractivity contribution < 1.29 is 4.84 Å². The van der Waals surface area contributed by atoms with Gasteiger partial charge in [-0.3, -0.25) is 9.74 Å². The van der Waals surface area contributed by atoms with Gasteiger partial charge in [-0.15, -0.1) is 0 Å². The summed E-state index contributed by atoms with van der Waals surface area (Å²) in [4.78, 5) is 8.25. The highest BCUT2D eigenvalue weighted by molar-refractivity contribution is 5.67. The standard InChI is InChI=1S/C21H26N2O/c1-15-7-4-5-10-19(15)16-8-6-9-17(11-16)20-12-21-18(13-22(20)2)14-24-23(21)3/h4-11,18,20-21H,12-14H2,1-3H3/t18-,20-,21-/m0/s1.